The van der Waals surface area contributed by atoms with E-state index in [9.17, 15) is 0 Å². The highest BCUT2D eigenvalue weighted by Gasteiger charge is 2.20. The fourth-order valence-electron chi connectivity index (χ4n) is 3.07. The average molecular weight is 232 g/mol. The van der Waals surface area contributed by atoms with Gasteiger partial charge in [0, 0.05) is 17.4 Å². The second-order valence-electron chi connectivity index (χ2n) is 5.41. The molecule has 0 amide bonds. The first-order valence-electron chi connectivity index (χ1n) is 6.81. The highest BCUT2D eigenvalue weighted by Crippen LogP contribution is 2.33. The molecule has 2 heteroatoms. The molecule has 1 aromatic heterocycles. The lowest BCUT2D eigenvalue weighted by Crippen LogP contribution is -2.19. The zero-order chi connectivity index (χ0) is 12.3. The van der Waals surface area contributed by atoms with Gasteiger partial charge in [-0.25, -0.2) is 0 Å². The lowest BCUT2D eigenvalue weighted by molar-refractivity contribution is 0.413. The Kier molecular flexibility index (Phi) is 4.16. The third-order valence-corrected chi connectivity index (χ3v) is 3.90. The Labute approximate surface area is 105 Å². The Morgan fingerprint density at radius 2 is 1.82 bits per heavy atom. The summed E-state index contributed by atoms with van der Waals surface area (Å²) in [7, 11) is 2.07. The van der Waals surface area contributed by atoms with Crippen LogP contribution in [0.15, 0.2) is 12.1 Å². The molecule has 0 aromatic carbocycles. The molecule has 1 unspecified atom stereocenters. The van der Waals surface area contributed by atoms with Gasteiger partial charge in [-0.15, -0.1) is 0 Å². The van der Waals surface area contributed by atoms with Gasteiger partial charge in [-0.3, -0.25) is 4.98 Å². The second kappa shape index (κ2) is 5.63. The average Bonchev–Trinajstić information content (AvgIpc) is 2.77. The van der Waals surface area contributed by atoms with Crippen LogP contribution in [0.3, 0.4) is 0 Å². The summed E-state index contributed by atoms with van der Waals surface area (Å²) in [5, 5.41) is 3.47. The highest BCUT2D eigenvalue weighted by molar-refractivity contribution is 5.23. The number of aryl methyl sites for hydroxylation is 2. The minimum atomic E-state index is 0.499. The lowest BCUT2D eigenvalue weighted by atomic mass is 9.93. The van der Waals surface area contributed by atoms with Gasteiger partial charge < -0.3 is 5.32 Å². The molecule has 1 aromatic rings. The van der Waals surface area contributed by atoms with Gasteiger partial charge in [0.2, 0.25) is 0 Å². The molecule has 1 heterocycles. The SMILES string of the molecule is CNC(CC1CCCC1)c1cc(C)nc(C)c1. The summed E-state index contributed by atoms with van der Waals surface area (Å²) in [4.78, 5) is 4.46. The van der Waals surface area contributed by atoms with Crippen molar-refractivity contribution in [2.45, 2.75) is 52.0 Å². The minimum absolute atomic E-state index is 0.499. The first-order chi connectivity index (χ1) is 8.19. The van der Waals surface area contributed by atoms with Gasteiger partial charge in [0.15, 0.2) is 0 Å². The molecule has 94 valence electrons. The van der Waals surface area contributed by atoms with Crippen molar-refractivity contribution in [3.8, 4) is 0 Å². The van der Waals surface area contributed by atoms with Crippen molar-refractivity contribution in [2.75, 3.05) is 7.05 Å². The van der Waals surface area contributed by atoms with Crippen LogP contribution in [0.1, 0.15) is 55.1 Å². The number of aromatic nitrogens is 1. The van der Waals surface area contributed by atoms with Gasteiger partial charge in [-0.1, -0.05) is 25.7 Å². The number of hydrogen-bond donors (Lipinski definition) is 1. The van der Waals surface area contributed by atoms with E-state index in [2.05, 4.69) is 43.3 Å². The fraction of sp³-hybridized carbons (Fsp3) is 0.667. The van der Waals surface area contributed by atoms with E-state index in [4.69, 9.17) is 0 Å². The van der Waals surface area contributed by atoms with Gasteiger partial charge in [-0.05, 0) is 50.9 Å². The molecule has 0 saturated heterocycles. The molecule has 1 aliphatic carbocycles. The van der Waals surface area contributed by atoms with E-state index in [1.807, 2.05) is 0 Å². The highest BCUT2D eigenvalue weighted by atomic mass is 14.9. The fourth-order valence-corrected chi connectivity index (χ4v) is 3.07. The summed E-state index contributed by atoms with van der Waals surface area (Å²) in [5.41, 5.74) is 3.67. The Morgan fingerprint density at radius 3 is 2.35 bits per heavy atom. The summed E-state index contributed by atoms with van der Waals surface area (Å²) in [6.45, 7) is 4.16. The van der Waals surface area contributed by atoms with E-state index >= 15 is 0 Å². The number of hydrogen-bond acceptors (Lipinski definition) is 2. The third-order valence-electron chi connectivity index (χ3n) is 3.90. The topological polar surface area (TPSA) is 24.9 Å². The quantitative estimate of drug-likeness (QED) is 0.859. The third kappa shape index (κ3) is 3.29. The summed E-state index contributed by atoms with van der Waals surface area (Å²) >= 11 is 0. The van der Waals surface area contributed by atoms with Gasteiger partial charge in [-0.2, -0.15) is 0 Å². The predicted octanol–water partition coefficient (Wildman–Crippen LogP) is 3.54. The van der Waals surface area contributed by atoms with Crippen LogP contribution in [0.4, 0.5) is 0 Å². The summed E-state index contributed by atoms with van der Waals surface area (Å²) in [5.74, 6) is 0.918. The van der Waals surface area contributed by atoms with E-state index in [1.165, 1.54) is 37.7 Å². The summed E-state index contributed by atoms with van der Waals surface area (Å²) in [6, 6.07) is 4.95. The Bertz CT molecular complexity index is 347. The standard InChI is InChI=1S/C15H24N2/c1-11-8-14(9-12(2)17-11)15(16-3)10-13-6-4-5-7-13/h8-9,13,15-16H,4-7,10H2,1-3H3. The molecule has 1 N–H and O–H groups in total. The first-order valence-corrected chi connectivity index (χ1v) is 6.81. The van der Waals surface area contributed by atoms with Crippen LogP contribution in [0.5, 0.6) is 0 Å². The number of pyridine rings is 1. The van der Waals surface area contributed by atoms with Crippen molar-refractivity contribution in [3.63, 3.8) is 0 Å². The Balaban J connectivity index is 2.10. The molecule has 17 heavy (non-hydrogen) atoms. The molecule has 0 aliphatic heterocycles. The maximum absolute atomic E-state index is 4.46. The zero-order valence-electron chi connectivity index (χ0n) is 11.3. The molecule has 0 radical (unpaired) electrons. The van der Waals surface area contributed by atoms with Gasteiger partial charge >= 0.3 is 0 Å². The van der Waals surface area contributed by atoms with Crippen molar-refractivity contribution < 1.29 is 0 Å². The molecule has 1 aliphatic rings. The molecule has 1 saturated carbocycles. The van der Waals surface area contributed by atoms with E-state index in [1.54, 1.807) is 0 Å². The Morgan fingerprint density at radius 1 is 1.24 bits per heavy atom. The molecule has 1 fully saturated rings. The van der Waals surface area contributed by atoms with Crippen molar-refractivity contribution >= 4 is 0 Å². The predicted molar refractivity (Wildman–Crippen MR) is 72.1 cm³/mol. The Hall–Kier alpha value is -0.890. The van der Waals surface area contributed by atoms with Gasteiger partial charge in [0.1, 0.15) is 0 Å². The number of nitrogens with one attached hydrogen (secondary N) is 1. The lowest BCUT2D eigenvalue weighted by Gasteiger charge is -2.21. The second-order valence-corrected chi connectivity index (χ2v) is 5.41. The summed E-state index contributed by atoms with van der Waals surface area (Å²) < 4.78 is 0. The van der Waals surface area contributed by atoms with Crippen molar-refractivity contribution in [3.05, 3.63) is 29.1 Å². The van der Waals surface area contributed by atoms with Crippen LogP contribution in [-0.4, -0.2) is 12.0 Å². The number of nitrogens with zero attached hydrogens (tertiary/aromatic N) is 1. The minimum Gasteiger partial charge on any atom is -0.313 e. The number of rotatable bonds is 4. The molecule has 2 rings (SSSR count). The van der Waals surface area contributed by atoms with E-state index in [0.717, 1.165) is 17.3 Å². The van der Waals surface area contributed by atoms with Crippen LogP contribution >= 0.6 is 0 Å². The van der Waals surface area contributed by atoms with E-state index in [0.29, 0.717) is 6.04 Å². The van der Waals surface area contributed by atoms with Crippen molar-refractivity contribution in [1.82, 2.24) is 10.3 Å². The monoisotopic (exact) mass is 232 g/mol. The maximum atomic E-state index is 4.46. The molecule has 2 nitrogen and oxygen atoms in total. The van der Waals surface area contributed by atoms with E-state index < -0.39 is 0 Å². The van der Waals surface area contributed by atoms with Gasteiger partial charge in [0.05, 0.1) is 0 Å². The van der Waals surface area contributed by atoms with Crippen LogP contribution in [0.2, 0.25) is 0 Å². The largest absolute Gasteiger partial charge is 0.313 e. The van der Waals surface area contributed by atoms with Crippen molar-refractivity contribution in [1.29, 1.82) is 0 Å². The van der Waals surface area contributed by atoms with Crippen LogP contribution in [-0.2, 0) is 0 Å². The summed E-state index contributed by atoms with van der Waals surface area (Å²) in [6.07, 6.45) is 6.97. The molecular formula is C15H24N2. The first kappa shape index (κ1) is 12.6. The molecule has 0 spiro atoms. The molecular weight excluding hydrogens is 208 g/mol. The van der Waals surface area contributed by atoms with Gasteiger partial charge in [0.25, 0.3) is 0 Å². The maximum Gasteiger partial charge on any atom is 0.0379 e. The normalized spacial score (nSPS) is 18.5. The van der Waals surface area contributed by atoms with Crippen LogP contribution < -0.4 is 5.32 Å². The zero-order valence-corrected chi connectivity index (χ0v) is 11.3. The van der Waals surface area contributed by atoms with Crippen molar-refractivity contribution in [2.24, 2.45) is 5.92 Å². The van der Waals surface area contributed by atoms with Crippen LogP contribution in [0.25, 0.3) is 0 Å². The molecule has 0 bridgehead atoms. The molecule has 1 atom stereocenters. The van der Waals surface area contributed by atoms with Crippen LogP contribution in [0, 0.1) is 19.8 Å². The van der Waals surface area contributed by atoms with E-state index in [-0.39, 0.29) is 0 Å². The smallest absolute Gasteiger partial charge is 0.0379 e.